The molecular weight excluding hydrogens is 524 g/mol. The Morgan fingerprint density at radius 3 is 2.83 bits per heavy atom. The van der Waals surface area contributed by atoms with Crippen molar-refractivity contribution in [3.8, 4) is 0 Å². The number of aliphatic carboxylic acids is 1. The maximum absolute atomic E-state index is 13.1. The quantitative estimate of drug-likeness (QED) is 0.193. The lowest BCUT2D eigenvalue weighted by Gasteiger charge is -2.49. The zero-order valence-electron chi connectivity index (χ0n) is 19.3. The fourth-order valence-corrected chi connectivity index (χ4v) is 7.16. The fourth-order valence-electron chi connectivity index (χ4n) is 4.29. The number of thiophene rings is 1. The number of nitrogens with two attached hydrogens (primary N) is 1. The van der Waals surface area contributed by atoms with Gasteiger partial charge in [-0.1, -0.05) is 16.9 Å². The Labute approximate surface area is 217 Å². The van der Waals surface area contributed by atoms with E-state index in [1.54, 1.807) is 27.5 Å². The summed E-state index contributed by atoms with van der Waals surface area (Å²) in [5.74, 6) is -2.32. The van der Waals surface area contributed by atoms with Gasteiger partial charge in [0.25, 0.3) is 16.8 Å². The Hall–Kier alpha value is -3.49. The van der Waals surface area contributed by atoms with E-state index in [2.05, 4.69) is 21.5 Å². The van der Waals surface area contributed by atoms with Gasteiger partial charge >= 0.3 is 0 Å². The first-order valence-corrected chi connectivity index (χ1v) is 13.4. The number of nitrogens with zero attached hydrogens (tertiary/aromatic N) is 4. The first kappa shape index (κ1) is 24.2. The van der Waals surface area contributed by atoms with E-state index in [4.69, 9.17) is 10.6 Å². The first-order valence-electron chi connectivity index (χ1n) is 10.7. The van der Waals surface area contributed by atoms with E-state index >= 15 is 0 Å². The van der Waals surface area contributed by atoms with Gasteiger partial charge < -0.3 is 25.8 Å². The summed E-state index contributed by atoms with van der Waals surface area (Å²) >= 11 is 4.04. The molecule has 0 spiro atoms. The summed E-state index contributed by atoms with van der Waals surface area (Å²) in [6, 6.07) is 2.48. The highest BCUT2D eigenvalue weighted by Gasteiger charge is 2.54. The van der Waals surface area contributed by atoms with Gasteiger partial charge in [0.2, 0.25) is 5.69 Å². The number of oxime groups is 1. The number of carbonyl (C=O) groups excluding carboxylic acids is 3. The number of carbonyl (C=O) groups is 3. The maximum atomic E-state index is 13.1. The van der Waals surface area contributed by atoms with Crippen LogP contribution in [-0.4, -0.2) is 58.3 Å². The molecule has 186 valence electrons. The number of β-lactam (4-membered cyclic amide) rings is 1. The number of thioether (sulfide) groups is 1. The van der Waals surface area contributed by atoms with Gasteiger partial charge in [0.15, 0.2) is 17.0 Å². The van der Waals surface area contributed by atoms with Crippen molar-refractivity contribution in [2.45, 2.75) is 25.9 Å². The van der Waals surface area contributed by atoms with Crippen LogP contribution in [0.15, 0.2) is 34.6 Å². The van der Waals surface area contributed by atoms with Gasteiger partial charge in [-0.05, 0) is 13.0 Å². The van der Waals surface area contributed by atoms with Gasteiger partial charge in [-0.2, -0.15) is 4.57 Å². The molecule has 14 heteroatoms. The van der Waals surface area contributed by atoms with Crippen molar-refractivity contribution < 1.29 is 28.9 Å². The number of fused-ring (bicyclic) bond motifs is 2. The number of nitrogen functional groups attached to an aromatic ring is 1. The lowest BCUT2D eigenvalue weighted by Crippen LogP contribution is -2.74. The molecule has 2 aliphatic rings. The third-order valence-electron chi connectivity index (χ3n) is 5.89. The van der Waals surface area contributed by atoms with Crippen LogP contribution >= 0.6 is 34.4 Å². The monoisotopic (exact) mass is 544 g/mol. The lowest BCUT2D eigenvalue weighted by atomic mass is 9.94. The molecule has 5 rings (SSSR count). The standard InChI is InChI=1S/C22H20N6O5S3/c1-9-6-11-4-5-27(10(2)17(11)36-9)20-16(21(31)32)28-13(8-34-20)15(19(28)30)25-18(29)14(26-33-3)12-7-35-22(23)24-12/h4-7,13,15H,8H2,1-3H3,(H3-,23,24,25,29,31,32). The Kier molecular flexibility index (Phi) is 6.18. The van der Waals surface area contributed by atoms with Crippen LogP contribution in [0.25, 0.3) is 15.1 Å². The van der Waals surface area contributed by atoms with Crippen molar-refractivity contribution in [2.24, 2.45) is 5.16 Å². The number of anilines is 1. The number of nitrogens with one attached hydrogen (secondary N) is 1. The van der Waals surface area contributed by atoms with E-state index < -0.39 is 29.9 Å². The average Bonchev–Trinajstić information content (AvgIpc) is 3.45. The smallest absolute Gasteiger partial charge is 0.276 e. The molecule has 5 heterocycles. The highest BCUT2D eigenvalue weighted by atomic mass is 32.2. The number of aromatic nitrogens is 2. The van der Waals surface area contributed by atoms with Gasteiger partial charge in [-0.25, -0.2) is 4.98 Å². The molecule has 0 aromatic carbocycles. The van der Waals surface area contributed by atoms with Crippen molar-refractivity contribution >= 4 is 78.2 Å². The predicted octanol–water partition coefficient (Wildman–Crippen LogP) is 0.213. The second kappa shape index (κ2) is 9.19. The molecule has 2 unspecified atom stereocenters. The molecule has 2 aliphatic heterocycles. The Morgan fingerprint density at radius 1 is 1.39 bits per heavy atom. The zero-order valence-corrected chi connectivity index (χ0v) is 21.8. The highest BCUT2D eigenvalue weighted by molar-refractivity contribution is 8.07. The minimum Gasteiger partial charge on any atom is -0.543 e. The zero-order chi connectivity index (χ0) is 25.7. The summed E-state index contributed by atoms with van der Waals surface area (Å²) in [7, 11) is 1.28. The second-order valence-electron chi connectivity index (χ2n) is 8.09. The molecule has 3 aromatic rings. The SMILES string of the molecule is CON=C(C(=O)NC1C(=O)N2C(C(=O)[O-])=C([n+]3ccc4cc(C)sc4c3C)SCC12)c1csc(N)n1. The molecule has 1 saturated heterocycles. The van der Waals surface area contributed by atoms with Crippen LogP contribution in [-0.2, 0) is 19.2 Å². The first-order chi connectivity index (χ1) is 17.2. The van der Waals surface area contributed by atoms with Crippen LogP contribution in [0.4, 0.5) is 5.13 Å². The molecule has 3 aromatic heterocycles. The summed E-state index contributed by atoms with van der Waals surface area (Å²) in [5, 5.41) is 21.9. The number of carboxylic acid groups (broad SMARTS) is 1. The van der Waals surface area contributed by atoms with Gasteiger partial charge in [0, 0.05) is 34.4 Å². The number of rotatable bonds is 6. The Morgan fingerprint density at radius 2 is 2.17 bits per heavy atom. The van der Waals surface area contributed by atoms with Crippen molar-refractivity contribution in [3.63, 3.8) is 0 Å². The van der Waals surface area contributed by atoms with Crippen molar-refractivity contribution in [1.82, 2.24) is 15.2 Å². The third kappa shape index (κ3) is 3.90. The largest absolute Gasteiger partial charge is 0.543 e. The number of aryl methyl sites for hydroxylation is 2. The third-order valence-corrected chi connectivity index (χ3v) is 8.91. The summed E-state index contributed by atoms with van der Waals surface area (Å²) in [6.45, 7) is 3.92. The summed E-state index contributed by atoms with van der Waals surface area (Å²) in [4.78, 5) is 49.4. The van der Waals surface area contributed by atoms with E-state index in [1.165, 1.54) is 23.8 Å². The number of carboxylic acids is 1. The van der Waals surface area contributed by atoms with E-state index in [1.807, 2.05) is 19.9 Å². The summed E-state index contributed by atoms with van der Waals surface area (Å²) in [5.41, 5.74) is 6.38. The van der Waals surface area contributed by atoms with Crippen LogP contribution < -0.4 is 20.7 Å². The maximum Gasteiger partial charge on any atom is 0.276 e. The van der Waals surface area contributed by atoms with Crippen molar-refractivity contribution in [2.75, 3.05) is 18.6 Å². The fraction of sp³-hybridized carbons (Fsp3) is 0.273. The molecular formula is C22H20N6O5S3. The van der Waals surface area contributed by atoms with Gasteiger partial charge in [0.1, 0.15) is 29.2 Å². The minimum atomic E-state index is -1.46. The topological polar surface area (TPSA) is 154 Å². The number of thiazole rings is 1. The Balaban J connectivity index is 1.44. The molecule has 1 fully saturated rings. The predicted molar refractivity (Wildman–Crippen MR) is 135 cm³/mol. The molecule has 0 bridgehead atoms. The van der Waals surface area contributed by atoms with Gasteiger partial charge in [0.05, 0.1) is 12.0 Å². The molecule has 2 atom stereocenters. The van der Waals surface area contributed by atoms with Crippen LogP contribution in [0.2, 0.25) is 0 Å². The van der Waals surface area contributed by atoms with Crippen LogP contribution in [0.3, 0.4) is 0 Å². The van der Waals surface area contributed by atoms with Crippen molar-refractivity contribution in [3.05, 3.63) is 45.7 Å². The molecule has 3 N–H and O–H groups in total. The van der Waals surface area contributed by atoms with Gasteiger partial charge in [-0.15, -0.1) is 22.7 Å². The molecule has 11 nitrogen and oxygen atoms in total. The van der Waals surface area contributed by atoms with Crippen LogP contribution in [0, 0.1) is 13.8 Å². The van der Waals surface area contributed by atoms with E-state index in [-0.39, 0.29) is 22.2 Å². The number of pyridine rings is 1. The summed E-state index contributed by atoms with van der Waals surface area (Å²) < 4.78 is 2.81. The lowest BCUT2D eigenvalue weighted by molar-refractivity contribution is -0.579. The normalized spacial score (nSPS) is 19.8. The minimum absolute atomic E-state index is 0.137. The van der Waals surface area contributed by atoms with Gasteiger partial charge in [-0.3, -0.25) is 14.5 Å². The highest BCUT2D eigenvalue weighted by Crippen LogP contribution is 2.39. The van der Waals surface area contributed by atoms with E-state index in [0.29, 0.717) is 10.8 Å². The average molecular weight is 545 g/mol. The molecule has 0 radical (unpaired) electrons. The molecule has 0 saturated carbocycles. The number of hydrogen-bond donors (Lipinski definition) is 2. The molecule has 0 aliphatic carbocycles. The Bertz CT molecular complexity index is 1490. The molecule has 36 heavy (non-hydrogen) atoms. The van der Waals surface area contributed by atoms with Crippen LogP contribution in [0.1, 0.15) is 16.3 Å². The number of hydrogen-bond acceptors (Lipinski definition) is 11. The molecule has 2 amide bonds. The number of amides is 2. The van der Waals surface area contributed by atoms with Crippen molar-refractivity contribution in [1.29, 1.82) is 0 Å². The van der Waals surface area contributed by atoms with E-state index in [0.717, 1.165) is 32.0 Å². The van der Waals surface area contributed by atoms with E-state index in [9.17, 15) is 19.5 Å². The summed E-state index contributed by atoms with van der Waals surface area (Å²) in [6.07, 6.45) is 1.80. The second-order valence-corrected chi connectivity index (χ2v) is 11.2. The van der Waals surface area contributed by atoms with Crippen LogP contribution in [0.5, 0.6) is 0 Å².